The lowest BCUT2D eigenvalue weighted by atomic mass is 10.1. The van der Waals surface area contributed by atoms with Crippen LogP contribution in [0.15, 0.2) is 24.3 Å². The van der Waals surface area contributed by atoms with Gasteiger partial charge in [0.05, 0.1) is 6.54 Å². The Hall–Kier alpha value is -1.80. The molecule has 0 saturated carbocycles. The Morgan fingerprint density at radius 3 is 2.56 bits per heavy atom. The molecule has 1 aliphatic heterocycles. The van der Waals surface area contributed by atoms with Gasteiger partial charge in [-0.25, -0.2) is 0 Å². The zero-order valence-corrected chi connectivity index (χ0v) is 14.1. The van der Waals surface area contributed by atoms with Crippen molar-refractivity contribution in [3.8, 4) is 5.75 Å². The Bertz CT molecular complexity index is 563. The molecule has 1 aliphatic rings. The summed E-state index contributed by atoms with van der Waals surface area (Å²) in [5.74, 6) is -1.05. The van der Waals surface area contributed by atoms with Gasteiger partial charge in [0.15, 0.2) is 0 Å². The van der Waals surface area contributed by atoms with E-state index in [0.717, 1.165) is 37.9 Å². The monoisotopic (exact) mass is 360 g/mol. The second-order valence-corrected chi connectivity index (χ2v) is 6.36. The second kappa shape index (κ2) is 8.53. The van der Waals surface area contributed by atoms with Crippen LogP contribution in [0.3, 0.4) is 0 Å². The molecule has 1 N–H and O–H groups in total. The Labute approximate surface area is 145 Å². The van der Waals surface area contributed by atoms with Crippen molar-refractivity contribution in [3.63, 3.8) is 0 Å². The van der Waals surface area contributed by atoms with Crippen molar-refractivity contribution in [1.29, 1.82) is 0 Å². The lowest BCUT2D eigenvalue weighted by Gasteiger charge is -2.25. The number of carboxylic acid groups (broad SMARTS) is 1. The van der Waals surface area contributed by atoms with Crippen LogP contribution in [0.1, 0.15) is 24.8 Å². The lowest BCUT2D eigenvalue weighted by Crippen LogP contribution is -2.36. The molecule has 0 radical (unpaired) electrons. The first-order valence-electron chi connectivity index (χ1n) is 8.22. The van der Waals surface area contributed by atoms with E-state index in [2.05, 4.69) is 9.64 Å². The highest BCUT2D eigenvalue weighted by Gasteiger charge is 2.31. The molecule has 140 valence electrons. The minimum Gasteiger partial charge on any atom is -0.480 e. The average Bonchev–Trinajstić information content (AvgIpc) is 2.73. The molecule has 1 unspecified atom stereocenters. The summed E-state index contributed by atoms with van der Waals surface area (Å²) in [7, 11) is 1.83. The molecule has 2 rings (SSSR count). The van der Waals surface area contributed by atoms with Gasteiger partial charge in [0, 0.05) is 12.6 Å². The van der Waals surface area contributed by atoms with Gasteiger partial charge in [0.1, 0.15) is 5.75 Å². The lowest BCUT2D eigenvalue weighted by molar-refractivity contribution is -0.274. The van der Waals surface area contributed by atoms with E-state index in [-0.39, 0.29) is 18.3 Å². The maximum atomic E-state index is 12.2. The van der Waals surface area contributed by atoms with Gasteiger partial charge >= 0.3 is 12.3 Å². The molecule has 1 atom stereocenters. The maximum Gasteiger partial charge on any atom is 0.573 e. The Balaban J connectivity index is 1.86. The van der Waals surface area contributed by atoms with Crippen LogP contribution in [-0.2, 0) is 11.3 Å². The topological polar surface area (TPSA) is 53.0 Å². The third-order valence-electron chi connectivity index (χ3n) is 4.36. The number of nitrogens with zero attached hydrogens (tertiary/aromatic N) is 2. The first-order chi connectivity index (χ1) is 11.7. The zero-order valence-electron chi connectivity index (χ0n) is 14.1. The number of rotatable bonds is 6. The summed E-state index contributed by atoms with van der Waals surface area (Å²) in [6.45, 7) is 2.40. The summed E-state index contributed by atoms with van der Waals surface area (Å²) < 4.78 is 40.4. The molecular weight excluding hydrogens is 337 g/mol. The number of likely N-dealkylation sites (tertiary alicyclic amines) is 1. The summed E-state index contributed by atoms with van der Waals surface area (Å²) in [5, 5.41) is 8.89. The first kappa shape index (κ1) is 19.5. The number of aliphatic carboxylic acids is 1. The fraction of sp³-hybridized carbons (Fsp3) is 0.588. The van der Waals surface area contributed by atoms with Gasteiger partial charge in [0.2, 0.25) is 0 Å². The Morgan fingerprint density at radius 2 is 1.96 bits per heavy atom. The van der Waals surface area contributed by atoms with E-state index in [0.29, 0.717) is 6.54 Å². The normalized spacial score (nSPS) is 19.6. The number of hydrogen-bond acceptors (Lipinski definition) is 4. The van der Waals surface area contributed by atoms with E-state index >= 15 is 0 Å². The van der Waals surface area contributed by atoms with Crippen LogP contribution < -0.4 is 4.74 Å². The van der Waals surface area contributed by atoms with Crippen LogP contribution in [0.25, 0.3) is 0 Å². The second-order valence-electron chi connectivity index (χ2n) is 6.36. The van der Waals surface area contributed by atoms with Gasteiger partial charge in [-0.05, 0) is 57.1 Å². The zero-order chi connectivity index (χ0) is 18.4. The highest BCUT2D eigenvalue weighted by atomic mass is 19.4. The smallest absolute Gasteiger partial charge is 0.480 e. The van der Waals surface area contributed by atoms with E-state index in [1.54, 1.807) is 12.1 Å². The molecule has 0 spiro atoms. The van der Waals surface area contributed by atoms with Crippen molar-refractivity contribution in [3.05, 3.63) is 29.8 Å². The SMILES string of the molecule is CN(CC(=O)O)C1CCCN(Cc2ccc(OC(F)(F)F)cc2)CC1. The number of carboxylic acids is 1. The van der Waals surface area contributed by atoms with Gasteiger partial charge in [0.25, 0.3) is 0 Å². The molecule has 1 aromatic rings. The van der Waals surface area contributed by atoms with Gasteiger partial charge in [-0.15, -0.1) is 13.2 Å². The van der Waals surface area contributed by atoms with E-state index in [1.165, 1.54) is 12.1 Å². The molecule has 1 saturated heterocycles. The predicted octanol–water partition coefficient (Wildman–Crippen LogP) is 2.96. The van der Waals surface area contributed by atoms with Crippen molar-refractivity contribution >= 4 is 5.97 Å². The van der Waals surface area contributed by atoms with E-state index < -0.39 is 12.3 Å². The Kier molecular flexibility index (Phi) is 6.66. The molecule has 0 aromatic heterocycles. The van der Waals surface area contributed by atoms with E-state index in [1.807, 2.05) is 11.9 Å². The third-order valence-corrected chi connectivity index (χ3v) is 4.36. The number of ether oxygens (including phenoxy) is 1. The highest BCUT2D eigenvalue weighted by molar-refractivity contribution is 5.69. The fourth-order valence-corrected chi connectivity index (χ4v) is 3.13. The molecule has 25 heavy (non-hydrogen) atoms. The van der Waals surface area contributed by atoms with Crippen molar-refractivity contribution in [1.82, 2.24) is 9.80 Å². The highest BCUT2D eigenvalue weighted by Crippen LogP contribution is 2.23. The molecule has 0 amide bonds. The largest absolute Gasteiger partial charge is 0.573 e. The van der Waals surface area contributed by atoms with Gasteiger partial charge in [-0.1, -0.05) is 12.1 Å². The van der Waals surface area contributed by atoms with Crippen molar-refractivity contribution in [2.24, 2.45) is 0 Å². The average molecular weight is 360 g/mol. The number of alkyl halides is 3. The number of halogens is 3. The minimum absolute atomic E-state index is 0.0331. The van der Waals surface area contributed by atoms with Crippen LogP contribution in [0.2, 0.25) is 0 Å². The summed E-state index contributed by atoms with van der Waals surface area (Å²) in [5.41, 5.74) is 0.923. The standard InChI is InChI=1S/C17H23F3N2O3/c1-21(12-16(23)24)14-3-2-9-22(10-8-14)11-13-4-6-15(7-5-13)25-17(18,19)20/h4-7,14H,2-3,8-12H2,1H3,(H,23,24). The third kappa shape index (κ3) is 6.91. The number of carbonyl (C=O) groups is 1. The van der Waals surface area contributed by atoms with Crippen LogP contribution in [-0.4, -0.2) is 60.0 Å². The summed E-state index contributed by atoms with van der Waals surface area (Å²) in [6.07, 6.45) is -1.90. The van der Waals surface area contributed by atoms with Gasteiger partial charge in [-0.3, -0.25) is 14.6 Å². The van der Waals surface area contributed by atoms with E-state index in [9.17, 15) is 18.0 Å². The molecule has 0 bridgehead atoms. The van der Waals surface area contributed by atoms with Crippen LogP contribution >= 0.6 is 0 Å². The first-order valence-corrected chi connectivity index (χ1v) is 8.22. The van der Waals surface area contributed by atoms with Crippen molar-refractivity contribution in [2.75, 3.05) is 26.7 Å². The molecular formula is C17H23F3N2O3. The van der Waals surface area contributed by atoms with Crippen molar-refractivity contribution < 1.29 is 27.8 Å². The Morgan fingerprint density at radius 1 is 1.28 bits per heavy atom. The van der Waals surface area contributed by atoms with Crippen molar-refractivity contribution in [2.45, 2.75) is 38.2 Å². The number of benzene rings is 1. The van der Waals surface area contributed by atoms with Gasteiger partial charge in [-0.2, -0.15) is 0 Å². The quantitative estimate of drug-likeness (QED) is 0.845. The number of hydrogen-bond donors (Lipinski definition) is 1. The molecule has 1 fully saturated rings. The van der Waals surface area contributed by atoms with E-state index in [4.69, 9.17) is 5.11 Å². The predicted molar refractivity (Wildman–Crippen MR) is 86.3 cm³/mol. The summed E-state index contributed by atoms with van der Waals surface area (Å²) >= 11 is 0. The van der Waals surface area contributed by atoms with Crippen LogP contribution in [0.4, 0.5) is 13.2 Å². The van der Waals surface area contributed by atoms with Crippen LogP contribution in [0, 0.1) is 0 Å². The molecule has 1 aromatic carbocycles. The maximum absolute atomic E-state index is 12.2. The minimum atomic E-state index is -4.68. The van der Waals surface area contributed by atoms with Gasteiger partial charge < -0.3 is 9.84 Å². The molecule has 1 heterocycles. The molecule has 0 aliphatic carbocycles. The molecule has 5 nitrogen and oxygen atoms in total. The van der Waals surface area contributed by atoms with Crippen LogP contribution in [0.5, 0.6) is 5.75 Å². The number of likely N-dealkylation sites (N-methyl/N-ethyl adjacent to an activating group) is 1. The molecule has 8 heteroatoms. The fourth-order valence-electron chi connectivity index (χ4n) is 3.13. The summed E-state index contributed by atoms with van der Waals surface area (Å²) in [6, 6.07) is 6.16. The summed E-state index contributed by atoms with van der Waals surface area (Å²) in [4.78, 5) is 14.9.